The summed E-state index contributed by atoms with van der Waals surface area (Å²) in [7, 11) is 0. The summed E-state index contributed by atoms with van der Waals surface area (Å²) in [5.74, 6) is -2.26. The van der Waals surface area contributed by atoms with E-state index in [2.05, 4.69) is 15.2 Å². The maximum Gasteiger partial charge on any atom is 0.296 e. The summed E-state index contributed by atoms with van der Waals surface area (Å²) in [6.07, 6.45) is -1.75. The van der Waals surface area contributed by atoms with Crippen LogP contribution in [-0.2, 0) is 0 Å². The van der Waals surface area contributed by atoms with Crippen LogP contribution in [0.1, 0.15) is 46.7 Å². The van der Waals surface area contributed by atoms with Gasteiger partial charge in [0.1, 0.15) is 0 Å². The van der Waals surface area contributed by atoms with Gasteiger partial charge in [0.2, 0.25) is 0 Å². The molecule has 0 saturated heterocycles. The van der Waals surface area contributed by atoms with Gasteiger partial charge in [-0.2, -0.15) is 4.99 Å². The standard InChI is InChI=1S/C20H25F2N5O3/c1-3-27(4-2)7-6-25-18(28)13-9-12(15-5-8-30-16(15)17(21)22)10-14(11-13)19(29)26-20(23)24/h5,8-11,17H,3-4,6-7H2,1-2H3,(H,25,28)(H4,23,24,26,29). The van der Waals surface area contributed by atoms with Crippen LogP contribution in [0.4, 0.5) is 8.78 Å². The summed E-state index contributed by atoms with van der Waals surface area (Å²) in [6, 6.07) is 5.40. The molecule has 2 rings (SSSR count). The van der Waals surface area contributed by atoms with E-state index in [1.165, 1.54) is 24.3 Å². The molecule has 1 aromatic carbocycles. The molecular formula is C20H25F2N5O3. The van der Waals surface area contributed by atoms with Gasteiger partial charge in [-0.1, -0.05) is 13.8 Å². The average molecular weight is 421 g/mol. The van der Waals surface area contributed by atoms with E-state index in [9.17, 15) is 18.4 Å². The smallest absolute Gasteiger partial charge is 0.296 e. The summed E-state index contributed by atoms with van der Waals surface area (Å²) in [5.41, 5.74) is 10.9. The Morgan fingerprint density at radius 3 is 2.43 bits per heavy atom. The summed E-state index contributed by atoms with van der Waals surface area (Å²) >= 11 is 0. The first kappa shape index (κ1) is 23.0. The van der Waals surface area contributed by atoms with E-state index >= 15 is 0 Å². The minimum absolute atomic E-state index is 0.0174. The highest BCUT2D eigenvalue weighted by Crippen LogP contribution is 2.33. The van der Waals surface area contributed by atoms with Gasteiger partial charge in [-0.25, -0.2) is 8.78 Å². The Labute approximate surface area is 172 Å². The Balaban J connectivity index is 2.39. The van der Waals surface area contributed by atoms with Crippen molar-refractivity contribution in [1.82, 2.24) is 10.2 Å². The Hall–Kier alpha value is -3.27. The van der Waals surface area contributed by atoms with Gasteiger partial charge < -0.3 is 26.1 Å². The van der Waals surface area contributed by atoms with Crippen LogP contribution in [0.15, 0.2) is 39.9 Å². The molecule has 0 aliphatic carbocycles. The molecule has 30 heavy (non-hydrogen) atoms. The first-order valence-corrected chi connectivity index (χ1v) is 9.42. The molecule has 5 N–H and O–H groups in total. The molecule has 0 unspecified atom stereocenters. The molecule has 0 radical (unpaired) electrons. The highest BCUT2D eigenvalue weighted by atomic mass is 19.3. The van der Waals surface area contributed by atoms with Crippen LogP contribution in [0.3, 0.4) is 0 Å². The fraction of sp³-hybridized carbons (Fsp3) is 0.350. The van der Waals surface area contributed by atoms with E-state index in [0.29, 0.717) is 13.1 Å². The third-order valence-electron chi connectivity index (χ3n) is 4.49. The maximum atomic E-state index is 13.2. The number of carbonyl (C=O) groups is 2. The molecule has 1 aromatic heterocycles. The lowest BCUT2D eigenvalue weighted by Gasteiger charge is -2.18. The Morgan fingerprint density at radius 2 is 1.83 bits per heavy atom. The fourth-order valence-electron chi connectivity index (χ4n) is 2.92. The zero-order chi connectivity index (χ0) is 22.3. The number of alkyl halides is 2. The Kier molecular flexibility index (Phi) is 8.05. The number of amides is 2. The van der Waals surface area contributed by atoms with Crippen molar-refractivity contribution in [2.45, 2.75) is 20.3 Å². The van der Waals surface area contributed by atoms with Gasteiger partial charge in [0.15, 0.2) is 11.7 Å². The molecule has 10 heteroatoms. The second kappa shape index (κ2) is 10.5. The molecule has 0 bridgehead atoms. The second-order valence-electron chi connectivity index (χ2n) is 6.42. The lowest BCUT2D eigenvalue weighted by atomic mass is 9.99. The van der Waals surface area contributed by atoms with Gasteiger partial charge in [0, 0.05) is 29.8 Å². The minimum atomic E-state index is -2.86. The van der Waals surface area contributed by atoms with Gasteiger partial charge >= 0.3 is 0 Å². The first-order valence-electron chi connectivity index (χ1n) is 9.42. The van der Waals surface area contributed by atoms with Crippen LogP contribution in [0.5, 0.6) is 0 Å². The number of hydrogen-bond donors (Lipinski definition) is 3. The topological polar surface area (TPSA) is 127 Å². The van der Waals surface area contributed by atoms with Gasteiger partial charge in [-0.3, -0.25) is 9.59 Å². The van der Waals surface area contributed by atoms with Crippen molar-refractivity contribution in [1.29, 1.82) is 0 Å². The largest absolute Gasteiger partial charge is 0.463 e. The van der Waals surface area contributed by atoms with Crippen molar-refractivity contribution in [3.63, 3.8) is 0 Å². The van der Waals surface area contributed by atoms with Gasteiger partial charge in [-0.15, -0.1) is 0 Å². The van der Waals surface area contributed by atoms with Crippen molar-refractivity contribution in [2.75, 3.05) is 26.2 Å². The van der Waals surface area contributed by atoms with Crippen molar-refractivity contribution < 1.29 is 22.8 Å². The number of guanidine groups is 1. The quantitative estimate of drug-likeness (QED) is 0.421. The lowest BCUT2D eigenvalue weighted by molar-refractivity contribution is 0.0949. The van der Waals surface area contributed by atoms with Crippen molar-refractivity contribution >= 4 is 17.8 Å². The highest BCUT2D eigenvalue weighted by molar-refractivity contribution is 6.05. The number of nitrogens with zero attached hydrogens (tertiary/aromatic N) is 2. The number of aliphatic imine (C=N–C) groups is 1. The normalized spacial score (nSPS) is 11.0. The number of furan rings is 1. The number of likely N-dealkylation sites (N-methyl/N-ethyl adjacent to an activating group) is 1. The average Bonchev–Trinajstić information content (AvgIpc) is 3.20. The zero-order valence-electron chi connectivity index (χ0n) is 16.8. The van der Waals surface area contributed by atoms with Crippen molar-refractivity contribution in [2.24, 2.45) is 16.5 Å². The summed E-state index contributed by atoms with van der Waals surface area (Å²) in [5, 5.41) is 2.77. The van der Waals surface area contributed by atoms with Gasteiger partial charge in [0.05, 0.1) is 6.26 Å². The van der Waals surface area contributed by atoms with E-state index in [1.54, 1.807) is 0 Å². The molecule has 2 amide bonds. The molecule has 0 spiro atoms. The molecule has 0 saturated carbocycles. The number of nitrogens with one attached hydrogen (secondary N) is 1. The van der Waals surface area contributed by atoms with Crippen LogP contribution >= 0.6 is 0 Å². The molecule has 1 heterocycles. The maximum absolute atomic E-state index is 13.2. The molecule has 0 atom stereocenters. The molecule has 0 aliphatic rings. The van der Waals surface area contributed by atoms with Crippen LogP contribution in [-0.4, -0.2) is 48.9 Å². The van der Waals surface area contributed by atoms with Gasteiger partial charge in [-0.05, 0) is 42.9 Å². The molecule has 8 nitrogen and oxygen atoms in total. The first-order chi connectivity index (χ1) is 14.3. The lowest BCUT2D eigenvalue weighted by Crippen LogP contribution is -2.34. The van der Waals surface area contributed by atoms with Crippen molar-refractivity contribution in [3.05, 3.63) is 47.4 Å². The fourth-order valence-corrected chi connectivity index (χ4v) is 2.92. The predicted octanol–water partition coefficient (Wildman–Crippen LogP) is 2.37. The highest BCUT2D eigenvalue weighted by Gasteiger charge is 2.21. The molecular weight excluding hydrogens is 396 g/mol. The van der Waals surface area contributed by atoms with E-state index in [4.69, 9.17) is 15.9 Å². The van der Waals surface area contributed by atoms with Crippen LogP contribution in [0.25, 0.3) is 11.1 Å². The Morgan fingerprint density at radius 1 is 1.17 bits per heavy atom. The Bertz CT molecular complexity index is 919. The number of halogens is 2. The number of hydrogen-bond acceptors (Lipinski definition) is 4. The van der Waals surface area contributed by atoms with Crippen molar-refractivity contribution in [3.8, 4) is 11.1 Å². The summed E-state index contributed by atoms with van der Waals surface area (Å²) < 4.78 is 31.3. The second-order valence-corrected chi connectivity index (χ2v) is 6.42. The third-order valence-corrected chi connectivity index (χ3v) is 4.49. The van der Waals surface area contributed by atoms with E-state index < -0.39 is 30.0 Å². The van der Waals surface area contributed by atoms with E-state index in [1.807, 2.05) is 13.8 Å². The zero-order valence-corrected chi connectivity index (χ0v) is 16.8. The number of nitrogens with two attached hydrogens (primary N) is 2. The number of carbonyl (C=O) groups excluding carboxylic acids is 2. The summed E-state index contributed by atoms with van der Waals surface area (Å²) in [6.45, 7) is 6.75. The monoisotopic (exact) mass is 421 g/mol. The molecule has 2 aromatic rings. The van der Waals surface area contributed by atoms with E-state index in [-0.39, 0.29) is 22.3 Å². The molecule has 0 aliphatic heterocycles. The van der Waals surface area contributed by atoms with Crippen LogP contribution in [0.2, 0.25) is 0 Å². The minimum Gasteiger partial charge on any atom is -0.463 e. The number of benzene rings is 1. The van der Waals surface area contributed by atoms with Crippen LogP contribution in [0, 0.1) is 0 Å². The van der Waals surface area contributed by atoms with Crippen LogP contribution < -0.4 is 16.8 Å². The molecule has 162 valence electrons. The summed E-state index contributed by atoms with van der Waals surface area (Å²) in [4.78, 5) is 30.5. The van der Waals surface area contributed by atoms with Gasteiger partial charge in [0.25, 0.3) is 18.2 Å². The third kappa shape index (κ3) is 5.86. The number of rotatable bonds is 9. The molecule has 0 fully saturated rings. The predicted molar refractivity (Wildman–Crippen MR) is 109 cm³/mol. The SMILES string of the molecule is CCN(CC)CCNC(=O)c1cc(C(=O)N=C(N)N)cc(-c2ccoc2C(F)F)c1. The van der Waals surface area contributed by atoms with E-state index in [0.717, 1.165) is 19.4 Å².